The first-order valence-corrected chi connectivity index (χ1v) is 5.56. The lowest BCUT2D eigenvalue weighted by molar-refractivity contribution is -0.0421. The molecule has 0 aromatic rings. The van der Waals surface area contributed by atoms with Gasteiger partial charge in [0.15, 0.2) is 0 Å². The highest BCUT2D eigenvalue weighted by atomic mass is 16.7. The zero-order chi connectivity index (χ0) is 9.80. The molecule has 0 saturated carbocycles. The summed E-state index contributed by atoms with van der Waals surface area (Å²) in [6, 6.07) is 0. The molecule has 80 valence electrons. The van der Waals surface area contributed by atoms with Gasteiger partial charge in [-0.1, -0.05) is 6.42 Å². The van der Waals surface area contributed by atoms with Gasteiger partial charge in [0.2, 0.25) is 6.29 Å². The molecular weight excluding hydrogens is 178 g/mol. The average Bonchev–Trinajstić information content (AvgIpc) is 2.63. The Bertz CT molecular complexity index is 207. The summed E-state index contributed by atoms with van der Waals surface area (Å²) in [7, 11) is 0. The number of ether oxygens (including phenoxy) is 2. The van der Waals surface area contributed by atoms with Crippen molar-refractivity contribution in [2.24, 2.45) is 0 Å². The van der Waals surface area contributed by atoms with E-state index < -0.39 is 0 Å². The molecule has 0 bridgehead atoms. The first kappa shape index (κ1) is 9.84. The molecule has 0 aromatic heterocycles. The van der Waals surface area contributed by atoms with Crippen molar-refractivity contribution in [3.63, 3.8) is 0 Å². The summed E-state index contributed by atoms with van der Waals surface area (Å²) >= 11 is 0. The fourth-order valence-corrected chi connectivity index (χ4v) is 2.03. The minimum Gasteiger partial charge on any atom is -0.459 e. The van der Waals surface area contributed by atoms with Gasteiger partial charge in [0.25, 0.3) is 0 Å². The summed E-state index contributed by atoms with van der Waals surface area (Å²) in [5.74, 6) is 0.897. The Balaban J connectivity index is 1.62. The molecule has 1 atom stereocenters. The molecule has 2 heterocycles. The predicted molar refractivity (Wildman–Crippen MR) is 54.6 cm³/mol. The normalized spacial score (nSPS) is 28.1. The van der Waals surface area contributed by atoms with Crippen molar-refractivity contribution < 1.29 is 9.47 Å². The minimum atomic E-state index is -0.0306. The molecular formula is C11H19NO2. The maximum absolute atomic E-state index is 5.46. The number of piperidine rings is 1. The highest BCUT2D eigenvalue weighted by Crippen LogP contribution is 2.17. The van der Waals surface area contributed by atoms with Crippen LogP contribution in [-0.2, 0) is 9.47 Å². The van der Waals surface area contributed by atoms with E-state index in [0.29, 0.717) is 0 Å². The van der Waals surface area contributed by atoms with Crippen LogP contribution in [-0.4, -0.2) is 30.8 Å². The third-order valence-corrected chi connectivity index (χ3v) is 2.83. The van der Waals surface area contributed by atoms with E-state index in [1.54, 1.807) is 6.26 Å². The van der Waals surface area contributed by atoms with Crippen molar-refractivity contribution in [3.05, 3.63) is 12.0 Å². The number of hydrogen-bond acceptors (Lipinski definition) is 3. The van der Waals surface area contributed by atoms with Crippen LogP contribution in [0.5, 0.6) is 0 Å². The smallest absolute Gasteiger partial charge is 0.241 e. The first-order valence-electron chi connectivity index (χ1n) is 5.56. The molecule has 2 rings (SSSR count). The van der Waals surface area contributed by atoms with Crippen LogP contribution < -0.4 is 0 Å². The third kappa shape index (κ3) is 2.64. The molecule has 2 aliphatic heterocycles. The van der Waals surface area contributed by atoms with Crippen molar-refractivity contribution in [2.75, 3.05) is 19.6 Å². The monoisotopic (exact) mass is 197 g/mol. The van der Waals surface area contributed by atoms with Crippen LogP contribution in [0.25, 0.3) is 0 Å². The summed E-state index contributed by atoms with van der Waals surface area (Å²) in [4.78, 5) is 2.50. The second-order valence-corrected chi connectivity index (χ2v) is 4.10. The molecule has 0 radical (unpaired) electrons. The summed E-state index contributed by atoms with van der Waals surface area (Å²) in [6.07, 6.45) is 6.76. The second kappa shape index (κ2) is 4.69. The Morgan fingerprint density at radius 1 is 1.36 bits per heavy atom. The van der Waals surface area contributed by atoms with Gasteiger partial charge < -0.3 is 14.4 Å². The van der Waals surface area contributed by atoms with Crippen LogP contribution >= 0.6 is 0 Å². The first-order chi connectivity index (χ1) is 6.84. The topological polar surface area (TPSA) is 21.7 Å². The summed E-state index contributed by atoms with van der Waals surface area (Å²) in [5.41, 5.74) is 0. The molecule has 0 N–H and O–H groups in total. The Labute approximate surface area is 85.7 Å². The summed E-state index contributed by atoms with van der Waals surface area (Å²) in [5, 5.41) is 0. The quantitative estimate of drug-likeness (QED) is 0.691. The summed E-state index contributed by atoms with van der Waals surface area (Å²) < 4.78 is 10.8. The van der Waals surface area contributed by atoms with Gasteiger partial charge in [-0.3, -0.25) is 0 Å². The summed E-state index contributed by atoms with van der Waals surface area (Å²) in [6.45, 7) is 5.53. The zero-order valence-electron chi connectivity index (χ0n) is 8.87. The molecule has 0 unspecified atom stereocenters. The Hall–Kier alpha value is -0.700. The SMILES string of the molecule is CC1=CO[C@H](CCN2CCCCC2)O1. The van der Waals surface area contributed by atoms with Gasteiger partial charge >= 0.3 is 0 Å². The van der Waals surface area contributed by atoms with Gasteiger partial charge in [-0.25, -0.2) is 0 Å². The lowest BCUT2D eigenvalue weighted by Crippen LogP contribution is -2.32. The number of nitrogens with zero attached hydrogens (tertiary/aromatic N) is 1. The van der Waals surface area contributed by atoms with Crippen LogP contribution in [0.15, 0.2) is 12.0 Å². The molecule has 1 fully saturated rings. The van der Waals surface area contributed by atoms with E-state index in [4.69, 9.17) is 9.47 Å². The van der Waals surface area contributed by atoms with E-state index in [9.17, 15) is 0 Å². The van der Waals surface area contributed by atoms with Crippen LogP contribution in [0.1, 0.15) is 32.6 Å². The van der Waals surface area contributed by atoms with E-state index in [1.165, 1.54) is 32.4 Å². The third-order valence-electron chi connectivity index (χ3n) is 2.83. The number of allylic oxidation sites excluding steroid dienone is 1. The molecule has 0 amide bonds. The van der Waals surface area contributed by atoms with Crippen molar-refractivity contribution in [3.8, 4) is 0 Å². The predicted octanol–water partition coefficient (Wildman–Crippen LogP) is 2.10. The van der Waals surface area contributed by atoms with Gasteiger partial charge in [0.1, 0.15) is 12.0 Å². The van der Waals surface area contributed by atoms with Gasteiger partial charge in [0, 0.05) is 13.0 Å². The van der Waals surface area contributed by atoms with Crippen molar-refractivity contribution in [1.29, 1.82) is 0 Å². The Kier molecular flexibility index (Phi) is 3.30. The van der Waals surface area contributed by atoms with Crippen LogP contribution in [0, 0.1) is 0 Å². The van der Waals surface area contributed by atoms with Gasteiger partial charge in [0.05, 0.1) is 0 Å². The van der Waals surface area contributed by atoms with Gasteiger partial charge in [-0.2, -0.15) is 0 Å². The number of likely N-dealkylation sites (tertiary alicyclic amines) is 1. The standard InChI is InChI=1S/C11H19NO2/c1-10-9-13-11(14-10)5-8-12-6-3-2-4-7-12/h9,11H,2-8H2,1H3/t11-/m0/s1. The van der Waals surface area contributed by atoms with Crippen LogP contribution in [0.2, 0.25) is 0 Å². The molecule has 3 nitrogen and oxygen atoms in total. The number of hydrogen-bond donors (Lipinski definition) is 0. The molecule has 0 aromatic carbocycles. The molecule has 14 heavy (non-hydrogen) atoms. The maximum atomic E-state index is 5.46. The van der Waals surface area contributed by atoms with Gasteiger partial charge in [-0.15, -0.1) is 0 Å². The van der Waals surface area contributed by atoms with Gasteiger partial charge in [-0.05, 0) is 32.9 Å². The molecule has 0 aliphatic carbocycles. The maximum Gasteiger partial charge on any atom is 0.241 e. The largest absolute Gasteiger partial charge is 0.459 e. The van der Waals surface area contributed by atoms with Crippen LogP contribution in [0.3, 0.4) is 0 Å². The average molecular weight is 197 g/mol. The Morgan fingerprint density at radius 2 is 2.14 bits per heavy atom. The molecule has 1 saturated heterocycles. The van der Waals surface area contributed by atoms with Crippen molar-refractivity contribution >= 4 is 0 Å². The fourth-order valence-electron chi connectivity index (χ4n) is 2.03. The lowest BCUT2D eigenvalue weighted by Gasteiger charge is -2.27. The fraction of sp³-hybridized carbons (Fsp3) is 0.818. The van der Waals surface area contributed by atoms with E-state index in [1.807, 2.05) is 6.92 Å². The minimum absolute atomic E-state index is 0.0306. The Morgan fingerprint density at radius 3 is 2.79 bits per heavy atom. The zero-order valence-corrected chi connectivity index (χ0v) is 8.87. The van der Waals surface area contributed by atoms with E-state index in [0.717, 1.165) is 18.7 Å². The second-order valence-electron chi connectivity index (χ2n) is 4.10. The van der Waals surface area contributed by atoms with E-state index in [-0.39, 0.29) is 6.29 Å². The molecule has 3 heteroatoms. The highest BCUT2D eigenvalue weighted by Gasteiger charge is 2.18. The van der Waals surface area contributed by atoms with Crippen molar-refractivity contribution in [1.82, 2.24) is 4.90 Å². The van der Waals surface area contributed by atoms with Crippen LogP contribution in [0.4, 0.5) is 0 Å². The van der Waals surface area contributed by atoms with E-state index >= 15 is 0 Å². The highest BCUT2D eigenvalue weighted by molar-refractivity contribution is 4.87. The number of rotatable bonds is 3. The van der Waals surface area contributed by atoms with E-state index in [2.05, 4.69) is 4.90 Å². The molecule has 2 aliphatic rings. The molecule has 0 spiro atoms. The lowest BCUT2D eigenvalue weighted by atomic mass is 10.1. The van der Waals surface area contributed by atoms with Crippen molar-refractivity contribution in [2.45, 2.75) is 38.9 Å².